The molecule has 6 saturated carbocycles. The number of likely N-dealkylation sites (tertiary alicyclic amines) is 1. The molecular weight excluding hydrogens is 631 g/mol. The Morgan fingerprint density at radius 3 is 2.12 bits per heavy atom. The zero-order valence-corrected chi connectivity index (χ0v) is 34.1. The fraction of sp³-hybridized carbons (Fsp3) is 0.913. The van der Waals surface area contributed by atoms with Gasteiger partial charge in [0, 0.05) is 5.41 Å². The van der Waals surface area contributed by atoms with E-state index in [-0.39, 0.29) is 35.7 Å². The van der Waals surface area contributed by atoms with Gasteiger partial charge in [-0.25, -0.2) is 0 Å². The lowest BCUT2D eigenvalue weighted by molar-refractivity contribution is -0.250. The van der Waals surface area contributed by atoms with Gasteiger partial charge in [0.1, 0.15) is 6.10 Å². The van der Waals surface area contributed by atoms with Gasteiger partial charge in [0.25, 0.3) is 0 Å². The van der Waals surface area contributed by atoms with Crippen LogP contribution in [0.3, 0.4) is 0 Å². The number of hydrogen-bond donors (Lipinski definition) is 1. The Morgan fingerprint density at radius 1 is 0.784 bits per heavy atom. The molecule has 0 bridgehead atoms. The molecule has 0 aromatic carbocycles. The normalized spacial score (nSPS) is 44.1. The maximum absolute atomic E-state index is 13.3. The lowest BCUT2D eigenvalue weighted by Gasteiger charge is -2.73. The number of carboxylic acid groups (broad SMARTS) is 1. The molecule has 5 nitrogen and oxygen atoms in total. The summed E-state index contributed by atoms with van der Waals surface area (Å²) < 4.78 is 6.32. The zero-order valence-electron chi connectivity index (χ0n) is 34.1. The maximum atomic E-state index is 13.3. The highest BCUT2D eigenvalue weighted by Gasteiger charge is 2.71. The minimum absolute atomic E-state index is 0.0227. The molecule has 7 aliphatic rings. The van der Waals surface area contributed by atoms with Gasteiger partial charge in [0.15, 0.2) is 0 Å². The molecule has 0 amide bonds. The van der Waals surface area contributed by atoms with E-state index in [1.54, 1.807) is 0 Å². The van der Waals surface area contributed by atoms with Crippen molar-refractivity contribution in [1.82, 2.24) is 4.90 Å². The van der Waals surface area contributed by atoms with Crippen molar-refractivity contribution < 1.29 is 19.4 Å². The molecule has 1 saturated heterocycles. The predicted molar refractivity (Wildman–Crippen MR) is 206 cm³/mol. The molecule has 1 aliphatic heterocycles. The third-order valence-electron chi connectivity index (χ3n) is 18.6. The number of allylic oxidation sites excluding steroid dienone is 1. The Hall–Kier alpha value is -1.36. The van der Waals surface area contributed by atoms with Gasteiger partial charge in [0.2, 0.25) is 0 Å². The average molecular weight is 706 g/mol. The maximum Gasteiger partial charge on any atom is 0.306 e. The number of carbonyl (C=O) groups excluding carboxylic acids is 1. The van der Waals surface area contributed by atoms with Crippen LogP contribution in [-0.4, -0.2) is 47.7 Å². The summed E-state index contributed by atoms with van der Waals surface area (Å²) in [6.07, 6.45) is 20.2. The number of hydrogen-bond acceptors (Lipinski definition) is 4. The van der Waals surface area contributed by atoms with E-state index in [9.17, 15) is 14.7 Å². The summed E-state index contributed by atoms with van der Waals surface area (Å²) in [6, 6.07) is 0. The first-order valence-corrected chi connectivity index (χ1v) is 21.6. The first-order valence-electron chi connectivity index (χ1n) is 21.6. The minimum atomic E-state index is -0.860. The number of aliphatic carboxylic acids is 1. The molecule has 10 atom stereocenters. The van der Waals surface area contributed by atoms with Gasteiger partial charge in [-0.3, -0.25) is 9.59 Å². The van der Waals surface area contributed by atoms with Crippen LogP contribution in [0.4, 0.5) is 0 Å². The second kappa shape index (κ2) is 13.1. The van der Waals surface area contributed by atoms with Gasteiger partial charge >= 0.3 is 11.9 Å². The monoisotopic (exact) mass is 706 g/mol. The fourth-order valence-corrected chi connectivity index (χ4v) is 15.6. The van der Waals surface area contributed by atoms with E-state index in [1.165, 1.54) is 109 Å². The quantitative estimate of drug-likeness (QED) is 0.181. The first kappa shape index (κ1) is 37.9. The molecule has 1 N–H and O–H groups in total. The highest BCUT2D eigenvalue weighted by Crippen LogP contribution is 2.78. The van der Waals surface area contributed by atoms with Crippen LogP contribution in [0, 0.1) is 73.9 Å². The predicted octanol–water partition coefficient (Wildman–Crippen LogP) is 11.0. The van der Waals surface area contributed by atoms with Gasteiger partial charge in [-0.2, -0.15) is 0 Å². The van der Waals surface area contributed by atoms with Crippen LogP contribution in [0.5, 0.6) is 0 Å². The van der Waals surface area contributed by atoms with Crippen molar-refractivity contribution in [1.29, 1.82) is 0 Å². The highest BCUT2D eigenvalue weighted by molar-refractivity contribution is 5.73. The van der Waals surface area contributed by atoms with Crippen molar-refractivity contribution in [2.45, 2.75) is 171 Å². The average Bonchev–Trinajstić information content (AvgIpc) is 3.81. The number of esters is 1. The van der Waals surface area contributed by atoms with E-state index in [1.807, 2.05) is 13.8 Å². The van der Waals surface area contributed by atoms with Crippen LogP contribution in [-0.2, 0) is 14.3 Å². The van der Waals surface area contributed by atoms with E-state index in [2.05, 4.69) is 53.0 Å². The second-order valence-corrected chi connectivity index (χ2v) is 22.1. The number of carbonyl (C=O) groups is 2. The summed E-state index contributed by atoms with van der Waals surface area (Å²) in [5.74, 6) is 4.48. The Balaban J connectivity index is 1.08. The summed E-state index contributed by atoms with van der Waals surface area (Å²) in [4.78, 5) is 27.5. The molecule has 7 rings (SSSR count). The van der Waals surface area contributed by atoms with Crippen LogP contribution in [0.2, 0.25) is 0 Å². The Labute approximate surface area is 311 Å². The Kier molecular flexibility index (Phi) is 9.78. The van der Waals surface area contributed by atoms with E-state index in [4.69, 9.17) is 4.74 Å². The van der Waals surface area contributed by atoms with Gasteiger partial charge in [-0.1, -0.05) is 60.6 Å². The van der Waals surface area contributed by atoms with Crippen LogP contribution >= 0.6 is 0 Å². The third-order valence-corrected chi connectivity index (χ3v) is 18.6. The fourth-order valence-electron chi connectivity index (χ4n) is 15.6. The summed E-state index contributed by atoms with van der Waals surface area (Å²) in [5, 5.41) is 9.36. The van der Waals surface area contributed by atoms with E-state index < -0.39 is 11.4 Å². The van der Waals surface area contributed by atoms with Crippen molar-refractivity contribution in [3.63, 3.8) is 0 Å². The lowest BCUT2D eigenvalue weighted by Crippen LogP contribution is -2.66. The standard InChI is InChI=1S/C46H75NO4/c1-30(2)33-14-21-46(24-27-47-25-17-32(18-26-47)31-10-11-31)23-22-44(8)34(40(33)46)12-13-36-43(7)19-16-37(42(5,6)35(43)15-20-45(36,44)9)51-39(50)29-41(3,4)28-38(48)49/h31-37,40H,1,10-29H2,2-9H3,(H,48,49)/t33?,34-,35?,36?,37?,40?,43+,44-,45-,46-/m1/s1. The molecule has 0 aromatic heterocycles. The minimum Gasteiger partial charge on any atom is -0.481 e. The third kappa shape index (κ3) is 6.39. The van der Waals surface area contributed by atoms with Gasteiger partial charge in [-0.05, 0) is 191 Å². The molecule has 0 spiro atoms. The van der Waals surface area contributed by atoms with Crippen molar-refractivity contribution in [3.05, 3.63) is 12.2 Å². The summed E-state index contributed by atoms with van der Waals surface area (Å²) in [6.45, 7) is 27.7. The number of piperidine rings is 1. The molecular formula is C46H75NO4. The molecule has 0 radical (unpaired) electrons. The van der Waals surface area contributed by atoms with Crippen molar-refractivity contribution in [2.75, 3.05) is 19.6 Å². The summed E-state index contributed by atoms with van der Waals surface area (Å²) >= 11 is 0. The Morgan fingerprint density at radius 2 is 1.47 bits per heavy atom. The highest BCUT2D eigenvalue weighted by atomic mass is 16.5. The van der Waals surface area contributed by atoms with Gasteiger partial charge in [0.05, 0.1) is 12.8 Å². The van der Waals surface area contributed by atoms with E-state index >= 15 is 0 Å². The first-order chi connectivity index (χ1) is 23.9. The van der Waals surface area contributed by atoms with Crippen LogP contribution in [0.1, 0.15) is 165 Å². The second-order valence-electron chi connectivity index (χ2n) is 22.1. The number of fused-ring (bicyclic) bond motifs is 7. The van der Waals surface area contributed by atoms with Crippen molar-refractivity contribution in [3.8, 4) is 0 Å². The molecule has 7 fully saturated rings. The number of ether oxygens (including phenoxy) is 1. The Bertz CT molecular complexity index is 1360. The van der Waals surface area contributed by atoms with Gasteiger partial charge < -0.3 is 14.7 Å². The van der Waals surface area contributed by atoms with E-state index in [0.29, 0.717) is 34.0 Å². The van der Waals surface area contributed by atoms with Crippen LogP contribution < -0.4 is 0 Å². The molecule has 288 valence electrons. The largest absolute Gasteiger partial charge is 0.481 e. The lowest BCUT2D eigenvalue weighted by atomic mass is 9.32. The van der Waals surface area contributed by atoms with Gasteiger partial charge in [-0.15, -0.1) is 0 Å². The van der Waals surface area contributed by atoms with Crippen molar-refractivity contribution in [2.24, 2.45) is 73.9 Å². The van der Waals surface area contributed by atoms with E-state index in [0.717, 1.165) is 36.5 Å². The van der Waals surface area contributed by atoms with Crippen LogP contribution in [0.15, 0.2) is 12.2 Å². The summed E-state index contributed by atoms with van der Waals surface area (Å²) in [5.41, 5.74) is 2.14. The van der Waals surface area contributed by atoms with Crippen LogP contribution in [0.25, 0.3) is 0 Å². The molecule has 1 heterocycles. The molecule has 6 aliphatic carbocycles. The zero-order chi connectivity index (χ0) is 36.8. The molecule has 51 heavy (non-hydrogen) atoms. The topological polar surface area (TPSA) is 66.8 Å². The summed E-state index contributed by atoms with van der Waals surface area (Å²) in [7, 11) is 0. The number of rotatable bonds is 10. The molecule has 0 aromatic rings. The number of nitrogens with zero attached hydrogens (tertiary/aromatic N) is 1. The SMILES string of the molecule is C=C(C)C1CC[C@]2(CCN3CCC(C4CC4)CC3)CC[C@]3(C)[C@H](CCC4[C@@]5(C)CCC(OC(=O)CC(C)(C)CC(=O)O)C(C)(C)C5CC[C@]43C)C12. The van der Waals surface area contributed by atoms with Crippen molar-refractivity contribution >= 4 is 11.9 Å². The molecule has 5 heteroatoms. The number of carboxylic acids is 1. The molecule has 5 unspecified atom stereocenters. The smallest absolute Gasteiger partial charge is 0.306 e.